The van der Waals surface area contributed by atoms with Gasteiger partial charge in [0.15, 0.2) is 0 Å². The fraction of sp³-hybridized carbons (Fsp3) is 0.565. The molecule has 2 aliphatic rings. The van der Waals surface area contributed by atoms with Crippen LogP contribution in [0.1, 0.15) is 56.2 Å². The maximum Gasteiger partial charge on any atom is 0.243 e. The Labute approximate surface area is 190 Å². The van der Waals surface area contributed by atoms with Gasteiger partial charge in [0.1, 0.15) is 0 Å². The maximum atomic E-state index is 13.1. The molecule has 1 amide bonds. The highest BCUT2D eigenvalue weighted by Crippen LogP contribution is 2.33. The van der Waals surface area contributed by atoms with Gasteiger partial charge < -0.3 is 4.52 Å². The second kappa shape index (κ2) is 9.72. The summed E-state index contributed by atoms with van der Waals surface area (Å²) in [6.45, 7) is 5.28. The van der Waals surface area contributed by atoms with E-state index in [0.717, 1.165) is 0 Å². The summed E-state index contributed by atoms with van der Waals surface area (Å²) in [4.78, 5) is 14.8. The number of aromatic nitrogens is 1. The van der Waals surface area contributed by atoms with E-state index < -0.39 is 16.1 Å². The number of rotatable bonds is 6. The Hall–Kier alpha value is -2.23. The summed E-state index contributed by atoms with van der Waals surface area (Å²) < 4.78 is 32.8. The fourth-order valence-electron chi connectivity index (χ4n) is 4.64. The molecule has 2 fully saturated rings. The smallest absolute Gasteiger partial charge is 0.243 e. The third kappa shape index (κ3) is 5.05. The van der Waals surface area contributed by atoms with E-state index in [0.29, 0.717) is 48.6 Å². The topological polar surface area (TPSA) is 95.8 Å². The van der Waals surface area contributed by atoms with Crippen LogP contribution in [0.3, 0.4) is 0 Å². The van der Waals surface area contributed by atoms with Gasteiger partial charge in [0.05, 0.1) is 16.6 Å². The van der Waals surface area contributed by atoms with Crippen molar-refractivity contribution < 1.29 is 17.7 Å². The van der Waals surface area contributed by atoms with Gasteiger partial charge in [-0.15, -0.1) is 0 Å². The highest BCUT2D eigenvalue weighted by atomic mass is 32.2. The molecule has 1 N–H and O–H groups in total. The fourth-order valence-corrected chi connectivity index (χ4v) is 6.06. The number of carbonyl (C=O) groups excluding carboxylic acids is 1. The van der Waals surface area contributed by atoms with Gasteiger partial charge in [-0.25, -0.2) is 8.42 Å². The molecule has 1 saturated carbocycles. The summed E-state index contributed by atoms with van der Waals surface area (Å²) in [7, 11) is -3.54. The van der Waals surface area contributed by atoms with Crippen molar-refractivity contribution in [3.05, 3.63) is 41.6 Å². The van der Waals surface area contributed by atoms with E-state index >= 15 is 0 Å². The van der Waals surface area contributed by atoms with Gasteiger partial charge in [0.25, 0.3) is 0 Å². The van der Waals surface area contributed by atoms with E-state index in [1.165, 1.54) is 42.0 Å². The molecule has 1 aliphatic carbocycles. The summed E-state index contributed by atoms with van der Waals surface area (Å²) in [5, 5.41) is 6.48. The van der Waals surface area contributed by atoms with Gasteiger partial charge in [-0.3, -0.25) is 15.0 Å². The summed E-state index contributed by atoms with van der Waals surface area (Å²) in [5.74, 6) is 0.672. The lowest BCUT2D eigenvalue weighted by Gasteiger charge is -2.36. The third-order valence-corrected chi connectivity index (χ3v) is 8.58. The van der Waals surface area contributed by atoms with Crippen LogP contribution in [0.15, 0.2) is 39.8 Å². The zero-order valence-corrected chi connectivity index (χ0v) is 19.6. The molecule has 2 aromatic rings. The van der Waals surface area contributed by atoms with Crippen LogP contribution in [-0.4, -0.2) is 60.9 Å². The molecule has 2 heterocycles. The van der Waals surface area contributed by atoms with Crippen molar-refractivity contribution in [1.29, 1.82) is 0 Å². The SMILES string of the molecule is Cc1cc(NC(=O)[C@H](C)N2CCN(S(=O)(=O)c3ccc(C4CCCCC4)cc3)CC2)on1. The molecule has 32 heavy (non-hydrogen) atoms. The molecule has 0 bridgehead atoms. The van der Waals surface area contributed by atoms with Gasteiger partial charge in [0, 0.05) is 32.2 Å². The molecule has 1 aliphatic heterocycles. The first-order chi connectivity index (χ1) is 15.3. The molecule has 9 heteroatoms. The Bertz CT molecular complexity index is 1020. The first-order valence-electron chi connectivity index (χ1n) is 11.4. The maximum absolute atomic E-state index is 13.1. The predicted octanol–water partition coefficient (Wildman–Crippen LogP) is 3.36. The van der Waals surface area contributed by atoms with Crippen LogP contribution in [0.5, 0.6) is 0 Å². The number of carbonyl (C=O) groups is 1. The van der Waals surface area contributed by atoms with Crippen LogP contribution in [-0.2, 0) is 14.8 Å². The lowest BCUT2D eigenvalue weighted by atomic mass is 9.84. The third-order valence-electron chi connectivity index (χ3n) is 6.67. The van der Waals surface area contributed by atoms with E-state index in [-0.39, 0.29) is 5.91 Å². The van der Waals surface area contributed by atoms with E-state index in [2.05, 4.69) is 10.5 Å². The van der Waals surface area contributed by atoms with Crippen LogP contribution >= 0.6 is 0 Å². The quantitative estimate of drug-likeness (QED) is 0.710. The molecule has 0 radical (unpaired) electrons. The lowest BCUT2D eigenvalue weighted by Crippen LogP contribution is -2.53. The Kier molecular flexibility index (Phi) is 6.97. The normalized spacial score (nSPS) is 20.2. The molecular weight excluding hydrogens is 428 g/mol. The Morgan fingerprint density at radius 1 is 1.09 bits per heavy atom. The van der Waals surface area contributed by atoms with Gasteiger partial charge in [-0.1, -0.05) is 36.6 Å². The number of sulfonamides is 1. The van der Waals surface area contributed by atoms with Crippen molar-refractivity contribution in [3.8, 4) is 0 Å². The van der Waals surface area contributed by atoms with Gasteiger partial charge in [0.2, 0.25) is 21.8 Å². The van der Waals surface area contributed by atoms with Crippen LogP contribution in [0.2, 0.25) is 0 Å². The minimum absolute atomic E-state index is 0.198. The first-order valence-corrected chi connectivity index (χ1v) is 12.9. The monoisotopic (exact) mass is 460 g/mol. The number of anilines is 1. The van der Waals surface area contributed by atoms with Gasteiger partial charge in [-0.05, 0) is 50.3 Å². The van der Waals surface area contributed by atoms with Gasteiger partial charge in [-0.2, -0.15) is 4.31 Å². The number of nitrogens with zero attached hydrogens (tertiary/aromatic N) is 3. The molecule has 4 rings (SSSR count). The zero-order chi connectivity index (χ0) is 22.7. The second-order valence-corrected chi connectivity index (χ2v) is 10.8. The molecule has 174 valence electrons. The number of hydrogen-bond acceptors (Lipinski definition) is 6. The van der Waals surface area contributed by atoms with Crippen molar-refractivity contribution in [3.63, 3.8) is 0 Å². The van der Waals surface area contributed by atoms with Crippen molar-refractivity contribution in [1.82, 2.24) is 14.4 Å². The van der Waals surface area contributed by atoms with Crippen LogP contribution < -0.4 is 5.32 Å². The number of aryl methyl sites for hydroxylation is 1. The summed E-state index contributed by atoms with van der Waals surface area (Å²) in [6.07, 6.45) is 6.19. The highest BCUT2D eigenvalue weighted by molar-refractivity contribution is 7.89. The molecule has 1 aromatic carbocycles. The molecular formula is C23H32N4O4S. The Balaban J connectivity index is 1.34. The van der Waals surface area contributed by atoms with Crippen LogP contribution in [0, 0.1) is 6.92 Å². The number of amides is 1. The molecule has 1 atom stereocenters. The molecule has 8 nitrogen and oxygen atoms in total. The average Bonchev–Trinajstić information content (AvgIpc) is 3.23. The number of benzene rings is 1. The summed E-state index contributed by atoms with van der Waals surface area (Å²) in [5.41, 5.74) is 1.94. The van der Waals surface area contributed by atoms with Crippen molar-refractivity contribution in [2.24, 2.45) is 0 Å². The zero-order valence-electron chi connectivity index (χ0n) is 18.8. The highest BCUT2D eigenvalue weighted by Gasteiger charge is 2.32. The van der Waals surface area contributed by atoms with E-state index in [9.17, 15) is 13.2 Å². The standard InChI is InChI=1S/C23H32N4O4S/c1-17-16-22(31-25-17)24-23(28)18(2)26-12-14-27(15-13-26)32(29,30)21-10-8-20(9-11-21)19-6-4-3-5-7-19/h8-11,16,18-19H,3-7,12-15H2,1-2H3,(H,24,28)/t18-/m0/s1. The van der Waals surface area contributed by atoms with Gasteiger partial charge >= 0.3 is 0 Å². The lowest BCUT2D eigenvalue weighted by molar-refractivity contribution is -0.121. The minimum atomic E-state index is -3.54. The molecule has 1 aromatic heterocycles. The van der Waals surface area contributed by atoms with Crippen LogP contribution in [0.4, 0.5) is 5.88 Å². The van der Waals surface area contributed by atoms with E-state index in [1.807, 2.05) is 24.0 Å². The van der Waals surface area contributed by atoms with Crippen molar-refractivity contribution in [2.45, 2.75) is 62.8 Å². The largest absolute Gasteiger partial charge is 0.338 e. The second-order valence-electron chi connectivity index (χ2n) is 8.84. The molecule has 0 spiro atoms. The average molecular weight is 461 g/mol. The van der Waals surface area contributed by atoms with E-state index in [1.54, 1.807) is 25.1 Å². The predicted molar refractivity (Wildman–Crippen MR) is 122 cm³/mol. The number of nitrogens with one attached hydrogen (secondary N) is 1. The number of hydrogen-bond donors (Lipinski definition) is 1. The Morgan fingerprint density at radius 2 is 1.75 bits per heavy atom. The van der Waals surface area contributed by atoms with Crippen molar-refractivity contribution in [2.75, 3.05) is 31.5 Å². The Morgan fingerprint density at radius 3 is 2.34 bits per heavy atom. The number of piperazine rings is 1. The van der Waals surface area contributed by atoms with Crippen LogP contribution in [0.25, 0.3) is 0 Å². The van der Waals surface area contributed by atoms with Crippen molar-refractivity contribution >= 4 is 21.8 Å². The summed E-state index contributed by atoms with van der Waals surface area (Å²) >= 11 is 0. The van der Waals surface area contributed by atoms with E-state index in [4.69, 9.17) is 4.52 Å². The first kappa shape index (κ1) is 22.9. The summed E-state index contributed by atoms with van der Waals surface area (Å²) in [6, 6.07) is 8.73. The molecule has 1 saturated heterocycles. The molecule has 0 unspecified atom stereocenters. The minimum Gasteiger partial charge on any atom is -0.338 e.